The highest BCUT2D eigenvalue weighted by molar-refractivity contribution is 6.16. The Hall–Kier alpha value is -5.80. The van der Waals surface area contributed by atoms with Crippen molar-refractivity contribution in [1.82, 2.24) is 0 Å². The normalized spacial score (nSPS) is 11.5. The van der Waals surface area contributed by atoms with Gasteiger partial charge < -0.3 is 5.32 Å². The van der Waals surface area contributed by atoms with Crippen LogP contribution < -0.4 is 5.32 Å². The lowest BCUT2D eigenvalue weighted by Gasteiger charge is -2.13. The van der Waals surface area contributed by atoms with Crippen molar-refractivity contribution in [2.45, 2.75) is 0 Å². The molecule has 0 radical (unpaired) electrons. The van der Waals surface area contributed by atoms with E-state index >= 15 is 0 Å². The Balaban J connectivity index is 1.21. The molecule has 0 spiro atoms. The predicted octanol–water partition coefficient (Wildman–Crippen LogP) is 10.2. The zero-order chi connectivity index (χ0) is 29.0. The van der Waals surface area contributed by atoms with E-state index in [4.69, 9.17) is 10.4 Å². The number of anilines is 1. The molecule has 0 aliphatic rings. The molecule has 204 valence electrons. The van der Waals surface area contributed by atoms with Gasteiger partial charge in [-0.25, -0.2) is 4.99 Å². The summed E-state index contributed by atoms with van der Waals surface area (Å²) in [5.41, 5.74) is 7.20. The first-order chi connectivity index (χ1) is 21.2. The average molecular weight is 552 g/mol. The van der Waals surface area contributed by atoms with Crippen molar-refractivity contribution < 1.29 is 0 Å². The van der Waals surface area contributed by atoms with E-state index in [-0.39, 0.29) is 5.84 Å². The second-order valence-electron chi connectivity index (χ2n) is 10.5. The maximum atomic E-state index is 8.92. The maximum Gasteiger partial charge on any atom is 0.154 e. The Morgan fingerprint density at radius 2 is 0.907 bits per heavy atom. The number of hydrogen-bond acceptors (Lipinski definition) is 1. The summed E-state index contributed by atoms with van der Waals surface area (Å²) in [4.78, 5) is 4.81. The van der Waals surface area contributed by atoms with Crippen LogP contribution in [-0.2, 0) is 0 Å². The number of hydrogen-bond donors (Lipinski definition) is 2. The van der Waals surface area contributed by atoms with Crippen molar-refractivity contribution in [2.75, 3.05) is 5.32 Å². The molecule has 0 aliphatic carbocycles. The molecule has 0 aromatic heterocycles. The van der Waals surface area contributed by atoms with Crippen molar-refractivity contribution in [1.29, 1.82) is 5.41 Å². The summed E-state index contributed by atoms with van der Waals surface area (Å²) in [6.07, 6.45) is 0. The molecule has 0 saturated carbocycles. The first-order valence-corrected chi connectivity index (χ1v) is 14.4. The van der Waals surface area contributed by atoms with E-state index in [1.807, 2.05) is 42.5 Å². The molecule has 0 heterocycles. The van der Waals surface area contributed by atoms with Gasteiger partial charge in [-0.3, -0.25) is 5.41 Å². The summed E-state index contributed by atoms with van der Waals surface area (Å²) in [6.45, 7) is 0. The van der Waals surface area contributed by atoms with E-state index < -0.39 is 0 Å². The van der Waals surface area contributed by atoms with Gasteiger partial charge in [0.05, 0.1) is 0 Å². The summed E-state index contributed by atoms with van der Waals surface area (Å²) in [5, 5.41) is 17.2. The first-order valence-electron chi connectivity index (χ1n) is 14.4. The lowest BCUT2D eigenvalue weighted by atomic mass is 9.97. The van der Waals surface area contributed by atoms with E-state index in [0.717, 1.165) is 27.9 Å². The summed E-state index contributed by atoms with van der Waals surface area (Å²) < 4.78 is 0. The zero-order valence-corrected chi connectivity index (χ0v) is 23.5. The fourth-order valence-corrected chi connectivity index (χ4v) is 5.57. The van der Waals surface area contributed by atoms with Gasteiger partial charge in [0.25, 0.3) is 0 Å². The third-order valence-electron chi connectivity index (χ3n) is 7.78. The molecule has 0 fully saturated rings. The maximum absolute atomic E-state index is 8.92. The number of aliphatic imine (C=N–C) groups is 1. The molecule has 3 heteroatoms. The van der Waals surface area contributed by atoms with Gasteiger partial charge in [0.2, 0.25) is 0 Å². The molecule has 0 aliphatic heterocycles. The monoisotopic (exact) mass is 551 g/mol. The molecular weight excluding hydrogens is 522 g/mol. The minimum atomic E-state index is 0.195. The van der Waals surface area contributed by atoms with Gasteiger partial charge in [-0.1, -0.05) is 152 Å². The van der Waals surface area contributed by atoms with Crippen molar-refractivity contribution >= 4 is 38.9 Å². The zero-order valence-electron chi connectivity index (χ0n) is 23.5. The van der Waals surface area contributed by atoms with Gasteiger partial charge in [-0.2, -0.15) is 0 Å². The quantitative estimate of drug-likeness (QED) is 0.162. The first kappa shape index (κ1) is 26.1. The van der Waals surface area contributed by atoms with Gasteiger partial charge in [0.1, 0.15) is 5.84 Å². The molecule has 0 unspecified atom stereocenters. The lowest BCUT2D eigenvalue weighted by molar-refractivity contribution is 1.40. The third kappa shape index (κ3) is 5.44. The number of nitrogens with zero attached hydrogens (tertiary/aromatic N) is 1. The van der Waals surface area contributed by atoms with Gasteiger partial charge in [-0.05, 0) is 55.9 Å². The summed E-state index contributed by atoms with van der Waals surface area (Å²) >= 11 is 0. The van der Waals surface area contributed by atoms with E-state index in [9.17, 15) is 0 Å². The molecule has 7 aromatic rings. The summed E-state index contributed by atoms with van der Waals surface area (Å²) in [6, 6.07) is 56.1. The fourth-order valence-electron chi connectivity index (χ4n) is 5.57. The van der Waals surface area contributed by atoms with Crippen molar-refractivity contribution in [3.8, 4) is 22.3 Å². The number of rotatable bonds is 5. The van der Waals surface area contributed by atoms with Gasteiger partial charge in [0.15, 0.2) is 5.84 Å². The van der Waals surface area contributed by atoms with Crippen molar-refractivity contribution in [3.05, 3.63) is 175 Å². The Morgan fingerprint density at radius 3 is 1.47 bits per heavy atom. The standard InChI is InChI=1S/C40H29N3/c41-39(32-24-20-30(21-25-32)37-18-8-12-28-10-4-6-16-35(28)37)43-40(42-34-14-2-1-3-15-34)33-26-22-31(23-27-33)38-19-9-13-29-11-5-7-17-36(29)38/h1-27H,(H2,41,42,43). The van der Waals surface area contributed by atoms with Crippen LogP contribution in [-0.4, -0.2) is 11.7 Å². The van der Waals surface area contributed by atoms with Crippen LogP contribution in [0.3, 0.4) is 0 Å². The van der Waals surface area contributed by atoms with Crippen LogP contribution in [0.5, 0.6) is 0 Å². The van der Waals surface area contributed by atoms with Crippen molar-refractivity contribution in [3.63, 3.8) is 0 Å². The van der Waals surface area contributed by atoms with E-state index in [1.54, 1.807) is 0 Å². The van der Waals surface area contributed by atoms with Crippen LogP contribution in [0.1, 0.15) is 11.1 Å². The minimum absolute atomic E-state index is 0.195. The van der Waals surface area contributed by atoms with Crippen LogP contribution in [0.2, 0.25) is 0 Å². The van der Waals surface area contributed by atoms with Crippen LogP contribution in [0, 0.1) is 5.41 Å². The topological polar surface area (TPSA) is 48.2 Å². The second-order valence-corrected chi connectivity index (χ2v) is 10.5. The van der Waals surface area contributed by atoms with Crippen LogP contribution in [0.25, 0.3) is 43.8 Å². The lowest BCUT2D eigenvalue weighted by Crippen LogP contribution is -2.16. The molecule has 7 aromatic carbocycles. The number of amidine groups is 2. The van der Waals surface area contributed by atoms with Crippen LogP contribution in [0.4, 0.5) is 5.69 Å². The van der Waals surface area contributed by atoms with Crippen LogP contribution in [0.15, 0.2) is 169 Å². The minimum Gasteiger partial charge on any atom is -0.340 e. The van der Waals surface area contributed by atoms with Gasteiger partial charge in [-0.15, -0.1) is 0 Å². The molecule has 0 atom stereocenters. The summed E-state index contributed by atoms with van der Waals surface area (Å²) in [5.74, 6) is 0.819. The number of fused-ring (bicyclic) bond motifs is 2. The highest BCUT2D eigenvalue weighted by Gasteiger charge is 2.11. The smallest absolute Gasteiger partial charge is 0.154 e. The van der Waals surface area contributed by atoms with Gasteiger partial charge >= 0.3 is 0 Å². The molecule has 0 bridgehead atoms. The number of benzene rings is 7. The van der Waals surface area contributed by atoms with Gasteiger partial charge in [0, 0.05) is 16.8 Å². The molecule has 43 heavy (non-hydrogen) atoms. The number of para-hydroxylation sites is 1. The average Bonchev–Trinajstić information content (AvgIpc) is 3.08. The van der Waals surface area contributed by atoms with E-state index in [0.29, 0.717) is 5.84 Å². The van der Waals surface area contributed by atoms with Crippen LogP contribution >= 0.6 is 0 Å². The predicted molar refractivity (Wildman–Crippen MR) is 182 cm³/mol. The van der Waals surface area contributed by atoms with E-state index in [2.05, 4.69) is 127 Å². The molecular formula is C40H29N3. The highest BCUT2D eigenvalue weighted by Crippen LogP contribution is 2.30. The number of nitrogens with one attached hydrogen (secondary N) is 2. The molecule has 7 rings (SSSR count). The molecule has 2 N–H and O–H groups in total. The van der Waals surface area contributed by atoms with Crippen molar-refractivity contribution in [2.24, 2.45) is 4.99 Å². The molecule has 0 saturated heterocycles. The van der Waals surface area contributed by atoms with E-state index in [1.165, 1.54) is 32.7 Å². The Bertz CT molecular complexity index is 2080. The molecule has 3 nitrogen and oxygen atoms in total. The highest BCUT2D eigenvalue weighted by atomic mass is 15.0. The third-order valence-corrected chi connectivity index (χ3v) is 7.78. The Labute approximate surface area is 251 Å². The molecule has 0 amide bonds. The SMILES string of the molecule is N=C(N=C(Nc1ccccc1)c1ccc(-c2cccc3ccccc23)cc1)c1ccc(-c2cccc3ccccc23)cc1. The largest absolute Gasteiger partial charge is 0.340 e. The Kier molecular flexibility index (Phi) is 7.04. The fraction of sp³-hybridized carbons (Fsp3) is 0. The Morgan fingerprint density at radius 1 is 0.442 bits per heavy atom. The summed E-state index contributed by atoms with van der Waals surface area (Å²) in [7, 11) is 0. The second kappa shape index (κ2) is 11.6.